The van der Waals surface area contributed by atoms with E-state index >= 15 is 0 Å². The van der Waals surface area contributed by atoms with Gasteiger partial charge in [-0.1, -0.05) is 36.4 Å². The molecule has 20 heavy (non-hydrogen) atoms. The summed E-state index contributed by atoms with van der Waals surface area (Å²) in [7, 11) is -3.53. The number of hydrogen-bond acceptors (Lipinski definition) is 3. The first kappa shape index (κ1) is 13.5. The topological polar surface area (TPSA) is 72.2 Å². The lowest BCUT2D eigenvalue weighted by Gasteiger charge is -2.17. The summed E-state index contributed by atoms with van der Waals surface area (Å²) >= 11 is 0. The van der Waals surface area contributed by atoms with Gasteiger partial charge in [0.2, 0.25) is 10.0 Å². The zero-order chi connectivity index (χ0) is 14.2. The average molecular weight is 290 g/mol. The van der Waals surface area contributed by atoms with E-state index < -0.39 is 10.0 Å². The first-order valence-corrected chi connectivity index (χ1v) is 8.30. The summed E-state index contributed by atoms with van der Waals surface area (Å²) in [5, 5.41) is 1.67. The lowest BCUT2D eigenvalue weighted by Crippen LogP contribution is -2.41. The van der Waals surface area contributed by atoms with Crippen LogP contribution < -0.4 is 10.5 Å². The van der Waals surface area contributed by atoms with Crippen molar-refractivity contribution in [3.63, 3.8) is 0 Å². The lowest BCUT2D eigenvalue weighted by atomic mass is 10.1. The molecule has 1 atom stereocenters. The van der Waals surface area contributed by atoms with E-state index in [4.69, 9.17) is 5.73 Å². The fraction of sp³-hybridized carbons (Fsp3) is 0.333. The summed E-state index contributed by atoms with van der Waals surface area (Å²) in [6.45, 7) is 0.342. The second-order valence-electron chi connectivity index (χ2n) is 5.28. The highest BCUT2D eigenvalue weighted by atomic mass is 32.2. The Balaban J connectivity index is 2.00. The lowest BCUT2D eigenvalue weighted by molar-refractivity contribution is 0.520. The number of nitrogens with one attached hydrogen (secondary N) is 1. The number of hydrogen-bond donors (Lipinski definition) is 2. The van der Waals surface area contributed by atoms with Crippen molar-refractivity contribution in [1.82, 2.24) is 4.72 Å². The van der Waals surface area contributed by atoms with Crippen molar-refractivity contribution in [1.29, 1.82) is 0 Å². The van der Waals surface area contributed by atoms with Gasteiger partial charge in [0, 0.05) is 18.0 Å². The van der Waals surface area contributed by atoms with Gasteiger partial charge in [-0.3, -0.25) is 0 Å². The van der Waals surface area contributed by atoms with Crippen molar-refractivity contribution >= 4 is 20.8 Å². The molecule has 0 amide bonds. The standard InChI is InChI=1S/C15H18N2O2S/c16-10-14(12-8-9-12)17-20(18,19)15-7-3-5-11-4-1-2-6-13(11)15/h1-7,12,14,17H,8-10,16H2/t14-/m1/s1. The van der Waals surface area contributed by atoms with Gasteiger partial charge in [-0.2, -0.15) is 0 Å². The quantitative estimate of drug-likeness (QED) is 0.883. The molecule has 0 bridgehead atoms. The van der Waals surface area contributed by atoms with E-state index in [9.17, 15) is 8.42 Å². The van der Waals surface area contributed by atoms with Gasteiger partial charge >= 0.3 is 0 Å². The summed E-state index contributed by atoms with van der Waals surface area (Å²) in [5.74, 6) is 0.393. The normalized spacial score (nSPS) is 17.2. The van der Waals surface area contributed by atoms with Crippen molar-refractivity contribution in [2.75, 3.05) is 6.54 Å². The molecule has 0 saturated heterocycles. The van der Waals surface area contributed by atoms with Crippen LogP contribution in [0.25, 0.3) is 10.8 Å². The van der Waals surface area contributed by atoms with Crippen molar-refractivity contribution in [3.05, 3.63) is 42.5 Å². The second kappa shape index (κ2) is 5.16. The number of benzene rings is 2. The molecule has 0 aromatic heterocycles. The number of rotatable bonds is 5. The number of nitrogens with two attached hydrogens (primary N) is 1. The Morgan fingerprint density at radius 2 is 1.85 bits per heavy atom. The maximum Gasteiger partial charge on any atom is 0.241 e. The van der Waals surface area contributed by atoms with Gasteiger partial charge in [0.1, 0.15) is 0 Å². The smallest absolute Gasteiger partial charge is 0.241 e. The largest absolute Gasteiger partial charge is 0.329 e. The molecular formula is C15H18N2O2S. The SMILES string of the molecule is NC[C@@H](NS(=O)(=O)c1cccc2ccccc12)C1CC1. The molecule has 1 saturated carbocycles. The molecule has 1 aliphatic carbocycles. The molecule has 3 N–H and O–H groups in total. The zero-order valence-electron chi connectivity index (χ0n) is 11.1. The van der Waals surface area contributed by atoms with Crippen LogP contribution in [0.3, 0.4) is 0 Å². The van der Waals surface area contributed by atoms with Crippen LogP contribution in [0.4, 0.5) is 0 Å². The Kier molecular flexibility index (Phi) is 3.50. The Labute approximate surface area is 119 Å². The number of fused-ring (bicyclic) bond motifs is 1. The average Bonchev–Trinajstić information content (AvgIpc) is 3.29. The Morgan fingerprint density at radius 1 is 1.15 bits per heavy atom. The summed E-state index contributed by atoms with van der Waals surface area (Å²) in [6, 6.07) is 12.7. The van der Waals surface area contributed by atoms with Gasteiger partial charge < -0.3 is 5.73 Å². The fourth-order valence-corrected chi connectivity index (χ4v) is 4.08. The summed E-state index contributed by atoms with van der Waals surface area (Å²) in [5.41, 5.74) is 5.68. The van der Waals surface area contributed by atoms with Crippen molar-refractivity contribution < 1.29 is 8.42 Å². The maximum atomic E-state index is 12.6. The van der Waals surface area contributed by atoms with Crippen molar-refractivity contribution in [3.8, 4) is 0 Å². The highest BCUT2D eigenvalue weighted by molar-refractivity contribution is 7.89. The first-order valence-electron chi connectivity index (χ1n) is 6.82. The molecule has 5 heteroatoms. The van der Waals surface area contributed by atoms with Crippen LogP contribution in [0.5, 0.6) is 0 Å². The Morgan fingerprint density at radius 3 is 2.55 bits per heavy atom. The van der Waals surface area contributed by atoms with Crippen LogP contribution in [-0.2, 0) is 10.0 Å². The molecule has 1 fully saturated rings. The zero-order valence-corrected chi connectivity index (χ0v) is 11.9. The van der Waals surface area contributed by atoms with Crippen LogP contribution in [0.1, 0.15) is 12.8 Å². The van der Waals surface area contributed by atoms with Crippen LogP contribution in [-0.4, -0.2) is 21.0 Å². The highest BCUT2D eigenvalue weighted by Crippen LogP contribution is 2.33. The minimum atomic E-state index is -3.53. The molecule has 0 aliphatic heterocycles. The van der Waals surface area contributed by atoms with Gasteiger partial charge in [0.25, 0.3) is 0 Å². The van der Waals surface area contributed by atoms with Crippen molar-refractivity contribution in [2.45, 2.75) is 23.8 Å². The predicted octanol–water partition coefficient (Wildman–Crippen LogP) is 1.86. The van der Waals surface area contributed by atoms with Gasteiger partial charge in [0.15, 0.2) is 0 Å². The molecule has 3 rings (SSSR count). The van der Waals surface area contributed by atoms with E-state index in [-0.39, 0.29) is 6.04 Å². The van der Waals surface area contributed by atoms with Gasteiger partial charge in [-0.15, -0.1) is 0 Å². The van der Waals surface area contributed by atoms with Crippen LogP contribution in [0.2, 0.25) is 0 Å². The molecule has 0 spiro atoms. The Bertz CT molecular complexity index is 718. The van der Waals surface area contributed by atoms with Crippen LogP contribution in [0.15, 0.2) is 47.4 Å². The van der Waals surface area contributed by atoms with E-state index in [0.29, 0.717) is 17.4 Å². The monoisotopic (exact) mass is 290 g/mol. The summed E-state index contributed by atoms with van der Waals surface area (Å²) < 4.78 is 27.9. The highest BCUT2D eigenvalue weighted by Gasteiger charge is 2.33. The van der Waals surface area contributed by atoms with E-state index in [2.05, 4.69) is 4.72 Å². The molecular weight excluding hydrogens is 272 g/mol. The third kappa shape index (κ3) is 2.57. The summed E-state index contributed by atoms with van der Waals surface area (Å²) in [6.07, 6.45) is 2.11. The second-order valence-corrected chi connectivity index (χ2v) is 6.96. The summed E-state index contributed by atoms with van der Waals surface area (Å²) in [4.78, 5) is 0.328. The molecule has 0 unspecified atom stereocenters. The van der Waals surface area contributed by atoms with Crippen molar-refractivity contribution in [2.24, 2.45) is 11.7 Å². The molecule has 4 nitrogen and oxygen atoms in total. The third-order valence-corrected chi connectivity index (χ3v) is 5.34. The molecule has 1 aliphatic rings. The number of sulfonamides is 1. The van der Waals surface area contributed by atoms with Gasteiger partial charge in [-0.25, -0.2) is 13.1 Å². The molecule has 2 aromatic rings. The Hall–Kier alpha value is -1.43. The molecule has 2 aromatic carbocycles. The minimum absolute atomic E-state index is 0.154. The third-order valence-electron chi connectivity index (χ3n) is 3.79. The van der Waals surface area contributed by atoms with Crippen LogP contribution >= 0.6 is 0 Å². The van der Waals surface area contributed by atoms with E-state index in [0.717, 1.165) is 23.6 Å². The van der Waals surface area contributed by atoms with E-state index in [1.807, 2.05) is 30.3 Å². The molecule has 106 valence electrons. The van der Waals surface area contributed by atoms with Gasteiger partial charge in [-0.05, 0) is 30.2 Å². The van der Waals surface area contributed by atoms with E-state index in [1.165, 1.54) is 0 Å². The molecule has 0 heterocycles. The predicted molar refractivity (Wildman–Crippen MR) is 79.8 cm³/mol. The van der Waals surface area contributed by atoms with Gasteiger partial charge in [0.05, 0.1) is 4.90 Å². The maximum absolute atomic E-state index is 12.6. The molecule has 0 radical (unpaired) electrons. The van der Waals surface area contributed by atoms with E-state index in [1.54, 1.807) is 12.1 Å². The fourth-order valence-electron chi connectivity index (χ4n) is 2.53. The van der Waals surface area contributed by atoms with Crippen LogP contribution in [0, 0.1) is 5.92 Å². The minimum Gasteiger partial charge on any atom is -0.329 e. The first-order chi connectivity index (χ1) is 9.62.